The SMILES string of the molecule is CCCCCCCCCCCC(=O)OC[N+]1(C)CCNCC1(C)C. The van der Waals surface area contributed by atoms with Crippen LogP contribution < -0.4 is 5.32 Å². The van der Waals surface area contributed by atoms with E-state index in [1.807, 2.05) is 0 Å². The highest BCUT2D eigenvalue weighted by Crippen LogP contribution is 2.24. The fraction of sp³-hybridized carbons (Fsp3) is 0.950. The van der Waals surface area contributed by atoms with Gasteiger partial charge in [-0.3, -0.25) is 9.28 Å². The molecule has 0 amide bonds. The van der Waals surface area contributed by atoms with Gasteiger partial charge in [0.1, 0.15) is 5.54 Å². The van der Waals surface area contributed by atoms with Crippen LogP contribution in [-0.2, 0) is 9.53 Å². The molecule has 142 valence electrons. The maximum absolute atomic E-state index is 12.0. The fourth-order valence-corrected chi connectivity index (χ4v) is 3.32. The van der Waals surface area contributed by atoms with Crippen molar-refractivity contribution in [3.8, 4) is 0 Å². The molecule has 0 saturated carbocycles. The van der Waals surface area contributed by atoms with E-state index in [1.165, 1.54) is 44.9 Å². The molecule has 0 aromatic heterocycles. The molecule has 0 aromatic rings. The van der Waals surface area contributed by atoms with Gasteiger partial charge in [0.2, 0.25) is 6.73 Å². The third-order valence-electron chi connectivity index (χ3n) is 5.80. The minimum Gasteiger partial charge on any atom is -0.415 e. The number of piperazine rings is 1. The number of carbonyl (C=O) groups excluding carboxylic acids is 1. The molecule has 1 heterocycles. The van der Waals surface area contributed by atoms with Crippen LogP contribution >= 0.6 is 0 Å². The first-order chi connectivity index (χ1) is 11.4. The Bertz CT molecular complexity index is 358. The summed E-state index contributed by atoms with van der Waals surface area (Å²) in [6, 6.07) is 0. The summed E-state index contributed by atoms with van der Waals surface area (Å²) in [5, 5.41) is 3.43. The van der Waals surface area contributed by atoms with E-state index >= 15 is 0 Å². The number of unbranched alkanes of at least 4 members (excludes halogenated alkanes) is 8. The number of ether oxygens (including phenoxy) is 1. The van der Waals surface area contributed by atoms with Crippen LogP contribution in [0.3, 0.4) is 0 Å². The van der Waals surface area contributed by atoms with E-state index < -0.39 is 0 Å². The smallest absolute Gasteiger partial charge is 0.310 e. The summed E-state index contributed by atoms with van der Waals surface area (Å²) in [7, 11) is 2.20. The topological polar surface area (TPSA) is 38.3 Å². The van der Waals surface area contributed by atoms with Crippen LogP contribution in [0.1, 0.15) is 85.0 Å². The van der Waals surface area contributed by atoms with Crippen molar-refractivity contribution in [2.24, 2.45) is 0 Å². The molecule has 1 rings (SSSR count). The van der Waals surface area contributed by atoms with Crippen molar-refractivity contribution in [2.75, 3.05) is 33.4 Å². The molecule has 24 heavy (non-hydrogen) atoms. The molecule has 1 unspecified atom stereocenters. The molecular weight excluding hydrogens is 300 g/mol. The van der Waals surface area contributed by atoms with Crippen LogP contribution in [0, 0.1) is 0 Å². The van der Waals surface area contributed by atoms with Crippen molar-refractivity contribution >= 4 is 5.97 Å². The summed E-state index contributed by atoms with van der Waals surface area (Å²) >= 11 is 0. The van der Waals surface area contributed by atoms with Crippen molar-refractivity contribution in [3.05, 3.63) is 0 Å². The Hall–Kier alpha value is -0.610. The monoisotopic (exact) mass is 341 g/mol. The van der Waals surface area contributed by atoms with Crippen LogP contribution in [0.25, 0.3) is 0 Å². The number of hydrogen-bond acceptors (Lipinski definition) is 3. The van der Waals surface area contributed by atoms with Crippen LogP contribution in [0.2, 0.25) is 0 Å². The van der Waals surface area contributed by atoms with Crippen molar-refractivity contribution in [1.82, 2.24) is 5.32 Å². The summed E-state index contributed by atoms with van der Waals surface area (Å²) < 4.78 is 6.41. The number of nitrogens with zero attached hydrogens (tertiary/aromatic N) is 1. The summed E-state index contributed by atoms with van der Waals surface area (Å²) in [6.07, 6.45) is 12.1. The van der Waals surface area contributed by atoms with Gasteiger partial charge in [0, 0.05) is 13.0 Å². The Morgan fingerprint density at radius 3 is 2.21 bits per heavy atom. The van der Waals surface area contributed by atoms with Crippen LogP contribution in [0.15, 0.2) is 0 Å². The lowest BCUT2D eigenvalue weighted by molar-refractivity contribution is -0.971. The van der Waals surface area contributed by atoms with E-state index in [1.54, 1.807) is 0 Å². The summed E-state index contributed by atoms with van der Waals surface area (Å²) in [5.74, 6) is -0.0216. The van der Waals surface area contributed by atoms with Gasteiger partial charge in [0.25, 0.3) is 0 Å². The highest BCUT2D eigenvalue weighted by Gasteiger charge is 2.43. The Kier molecular flexibility index (Phi) is 9.91. The number of nitrogens with one attached hydrogen (secondary N) is 1. The van der Waals surface area contributed by atoms with Gasteiger partial charge >= 0.3 is 5.97 Å². The van der Waals surface area contributed by atoms with E-state index in [2.05, 4.69) is 33.1 Å². The molecule has 1 saturated heterocycles. The molecule has 1 N–H and O–H groups in total. The van der Waals surface area contributed by atoms with Crippen molar-refractivity contribution in [1.29, 1.82) is 0 Å². The summed E-state index contributed by atoms with van der Waals surface area (Å²) in [4.78, 5) is 12.0. The van der Waals surface area contributed by atoms with Gasteiger partial charge in [-0.25, -0.2) is 0 Å². The van der Waals surface area contributed by atoms with Gasteiger partial charge in [0.15, 0.2) is 0 Å². The van der Waals surface area contributed by atoms with Gasteiger partial charge in [-0.2, -0.15) is 0 Å². The zero-order valence-electron chi connectivity index (χ0n) is 16.7. The van der Waals surface area contributed by atoms with Crippen LogP contribution in [0.4, 0.5) is 0 Å². The number of esters is 1. The average molecular weight is 342 g/mol. The molecule has 0 aliphatic carbocycles. The number of likely N-dealkylation sites (N-methyl/N-ethyl adjacent to an activating group) is 1. The second-order valence-electron chi connectivity index (χ2n) is 8.33. The summed E-state index contributed by atoms with van der Waals surface area (Å²) in [6.45, 7) is 10.2. The van der Waals surface area contributed by atoms with E-state index in [9.17, 15) is 4.79 Å². The predicted molar refractivity (Wildman–Crippen MR) is 101 cm³/mol. The maximum Gasteiger partial charge on any atom is 0.310 e. The lowest BCUT2D eigenvalue weighted by atomic mass is 9.98. The molecule has 0 radical (unpaired) electrons. The normalized spacial score (nSPS) is 23.2. The lowest BCUT2D eigenvalue weighted by Gasteiger charge is -2.49. The number of quaternary nitrogens is 1. The highest BCUT2D eigenvalue weighted by atomic mass is 16.5. The van der Waals surface area contributed by atoms with Crippen molar-refractivity contribution < 1.29 is 14.0 Å². The Balaban J connectivity index is 2.06. The molecule has 1 aliphatic rings. The van der Waals surface area contributed by atoms with E-state index in [-0.39, 0.29) is 11.5 Å². The summed E-state index contributed by atoms with van der Waals surface area (Å²) in [5.41, 5.74) is 0.107. The highest BCUT2D eigenvalue weighted by molar-refractivity contribution is 5.69. The number of carbonyl (C=O) groups is 1. The fourth-order valence-electron chi connectivity index (χ4n) is 3.32. The molecule has 1 atom stereocenters. The van der Waals surface area contributed by atoms with Crippen LogP contribution in [0.5, 0.6) is 0 Å². The van der Waals surface area contributed by atoms with Gasteiger partial charge in [-0.1, -0.05) is 58.3 Å². The maximum atomic E-state index is 12.0. The Morgan fingerprint density at radius 2 is 1.62 bits per heavy atom. The molecule has 0 spiro atoms. The zero-order chi connectivity index (χ0) is 17.9. The second kappa shape index (κ2) is 11.1. The Labute approximate surface area is 149 Å². The molecule has 0 aromatic carbocycles. The third-order valence-corrected chi connectivity index (χ3v) is 5.80. The number of rotatable bonds is 12. The van der Waals surface area contributed by atoms with E-state index in [4.69, 9.17) is 4.74 Å². The van der Waals surface area contributed by atoms with Crippen molar-refractivity contribution in [3.63, 3.8) is 0 Å². The quantitative estimate of drug-likeness (QED) is 0.328. The average Bonchev–Trinajstić information content (AvgIpc) is 2.54. The minimum atomic E-state index is -0.0216. The van der Waals surface area contributed by atoms with Gasteiger partial charge in [0.05, 0.1) is 20.1 Å². The first kappa shape index (κ1) is 21.4. The van der Waals surface area contributed by atoms with Crippen molar-refractivity contribution in [2.45, 2.75) is 90.5 Å². The second-order valence-corrected chi connectivity index (χ2v) is 8.33. The molecule has 1 aliphatic heterocycles. The first-order valence-corrected chi connectivity index (χ1v) is 10.1. The Morgan fingerprint density at radius 1 is 1.04 bits per heavy atom. The predicted octanol–water partition coefficient (Wildman–Crippen LogP) is 4.24. The lowest BCUT2D eigenvalue weighted by Crippen LogP contribution is -2.69. The van der Waals surface area contributed by atoms with Gasteiger partial charge in [-0.15, -0.1) is 0 Å². The van der Waals surface area contributed by atoms with Gasteiger partial charge in [-0.05, 0) is 20.3 Å². The molecular formula is C20H41N2O2+. The zero-order valence-corrected chi connectivity index (χ0v) is 16.7. The molecule has 0 bridgehead atoms. The van der Waals surface area contributed by atoms with Crippen LogP contribution in [-0.4, -0.2) is 49.4 Å². The largest absolute Gasteiger partial charge is 0.415 e. The minimum absolute atomic E-state index is 0.0216. The van der Waals surface area contributed by atoms with E-state index in [0.29, 0.717) is 13.2 Å². The number of hydrogen-bond donors (Lipinski definition) is 1. The standard InChI is InChI=1S/C20H41N2O2/c1-5-6-7-8-9-10-11-12-13-14-19(23)24-18-22(4)16-15-21-17-20(22,2)3/h21H,5-18H2,1-4H3/q+1. The third kappa shape index (κ3) is 7.52. The molecule has 4 nitrogen and oxygen atoms in total. The van der Waals surface area contributed by atoms with Gasteiger partial charge < -0.3 is 10.1 Å². The van der Waals surface area contributed by atoms with E-state index in [0.717, 1.165) is 37.0 Å². The molecule has 4 heteroatoms. The first-order valence-electron chi connectivity index (χ1n) is 10.1. The molecule has 1 fully saturated rings.